The number of carbonyl (C=O) groups is 1. The third kappa shape index (κ3) is 3.51. The smallest absolute Gasteiger partial charge is 0.337 e. The van der Waals surface area contributed by atoms with Crippen molar-refractivity contribution in [2.24, 2.45) is 0 Å². The first-order valence-corrected chi connectivity index (χ1v) is 10.5. The van der Waals surface area contributed by atoms with Gasteiger partial charge < -0.3 is 5.11 Å². The Hall–Kier alpha value is -4.01. The lowest BCUT2D eigenvalue weighted by molar-refractivity contribution is 0.0697. The van der Waals surface area contributed by atoms with Crippen molar-refractivity contribution in [1.82, 2.24) is 23.7 Å². The van der Waals surface area contributed by atoms with E-state index in [-0.39, 0.29) is 29.7 Å². The standard InChI is InChI=1S/C23H23N5O4/c1-3-13-27-21(29)19-20(26(4-2)23(27)32)25-18(14-15-9-7-8-12-24-15)28(19)17-11-6-5-10-16(17)22(30)31/h5-12H,3-4,13-14H2,1-2H3,(H,30,31). The third-order valence-corrected chi connectivity index (χ3v) is 5.30. The highest BCUT2D eigenvalue weighted by molar-refractivity contribution is 5.93. The monoisotopic (exact) mass is 433 g/mol. The highest BCUT2D eigenvalue weighted by Gasteiger charge is 2.24. The fraction of sp³-hybridized carbons (Fsp3) is 0.261. The lowest BCUT2D eigenvalue weighted by Gasteiger charge is -2.13. The third-order valence-electron chi connectivity index (χ3n) is 5.30. The molecule has 4 aromatic rings. The summed E-state index contributed by atoms with van der Waals surface area (Å²) in [5, 5.41) is 9.79. The van der Waals surface area contributed by atoms with Crippen LogP contribution in [-0.2, 0) is 19.5 Å². The molecule has 1 N–H and O–H groups in total. The Morgan fingerprint density at radius 1 is 1.03 bits per heavy atom. The number of nitrogens with zero attached hydrogens (tertiary/aromatic N) is 5. The molecule has 0 radical (unpaired) electrons. The quantitative estimate of drug-likeness (QED) is 0.479. The second kappa shape index (κ2) is 8.62. The van der Waals surface area contributed by atoms with Gasteiger partial charge in [-0.25, -0.2) is 14.6 Å². The van der Waals surface area contributed by atoms with E-state index in [2.05, 4.69) is 9.97 Å². The van der Waals surface area contributed by atoms with Crippen LogP contribution in [0.5, 0.6) is 0 Å². The van der Waals surface area contributed by atoms with E-state index in [9.17, 15) is 19.5 Å². The van der Waals surface area contributed by atoms with Crippen molar-refractivity contribution < 1.29 is 9.90 Å². The molecular formula is C23H23N5O4. The average molecular weight is 433 g/mol. The number of imidazole rings is 1. The van der Waals surface area contributed by atoms with Crippen molar-refractivity contribution in [3.05, 3.63) is 86.6 Å². The molecule has 164 valence electrons. The van der Waals surface area contributed by atoms with Gasteiger partial charge in [-0.15, -0.1) is 0 Å². The lowest BCUT2D eigenvalue weighted by atomic mass is 10.1. The summed E-state index contributed by atoms with van der Waals surface area (Å²) in [6, 6.07) is 11.9. The summed E-state index contributed by atoms with van der Waals surface area (Å²) in [7, 11) is 0. The molecule has 9 heteroatoms. The summed E-state index contributed by atoms with van der Waals surface area (Å²) >= 11 is 0. The molecule has 1 aromatic carbocycles. The summed E-state index contributed by atoms with van der Waals surface area (Å²) < 4.78 is 4.21. The molecular weight excluding hydrogens is 410 g/mol. The molecule has 0 unspecified atom stereocenters. The molecule has 0 spiro atoms. The zero-order valence-corrected chi connectivity index (χ0v) is 17.9. The molecule has 9 nitrogen and oxygen atoms in total. The Morgan fingerprint density at radius 3 is 2.44 bits per heavy atom. The minimum absolute atomic E-state index is 0.0322. The van der Waals surface area contributed by atoms with E-state index in [0.717, 1.165) is 0 Å². The average Bonchev–Trinajstić information content (AvgIpc) is 3.16. The second-order valence-corrected chi connectivity index (χ2v) is 7.34. The number of carboxylic acids is 1. The Labute approximate surface area is 183 Å². The van der Waals surface area contributed by atoms with Crippen molar-refractivity contribution in [3.63, 3.8) is 0 Å². The first-order chi connectivity index (χ1) is 15.5. The number of para-hydroxylation sites is 1. The summed E-state index contributed by atoms with van der Waals surface area (Å²) in [5.41, 5.74) is 0.556. The second-order valence-electron chi connectivity index (χ2n) is 7.34. The van der Waals surface area contributed by atoms with Crippen LogP contribution in [-0.4, -0.2) is 34.7 Å². The predicted molar refractivity (Wildman–Crippen MR) is 120 cm³/mol. The summed E-state index contributed by atoms with van der Waals surface area (Å²) in [6.07, 6.45) is 2.52. The highest BCUT2D eigenvalue weighted by Crippen LogP contribution is 2.23. The first kappa shape index (κ1) is 21.2. The predicted octanol–water partition coefficient (Wildman–Crippen LogP) is 2.46. The van der Waals surface area contributed by atoms with Crippen LogP contribution in [0.2, 0.25) is 0 Å². The molecule has 4 rings (SSSR count). The number of pyridine rings is 1. The number of benzene rings is 1. The van der Waals surface area contributed by atoms with E-state index in [1.54, 1.807) is 35.0 Å². The SMILES string of the molecule is CCCn1c(=O)c2c(nc(Cc3ccccn3)n2-c2ccccc2C(=O)O)n(CC)c1=O. The fourth-order valence-electron chi connectivity index (χ4n) is 3.88. The molecule has 0 fully saturated rings. The number of hydrogen-bond donors (Lipinski definition) is 1. The van der Waals surface area contributed by atoms with E-state index in [4.69, 9.17) is 0 Å². The van der Waals surface area contributed by atoms with Crippen molar-refractivity contribution in [3.8, 4) is 5.69 Å². The molecule has 32 heavy (non-hydrogen) atoms. The van der Waals surface area contributed by atoms with Crippen LogP contribution in [0.25, 0.3) is 16.9 Å². The van der Waals surface area contributed by atoms with Crippen LogP contribution in [0.3, 0.4) is 0 Å². The van der Waals surface area contributed by atoms with Crippen molar-refractivity contribution in [1.29, 1.82) is 0 Å². The Balaban J connectivity index is 2.15. The molecule has 3 heterocycles. The van der Waals surface area contributed by atoms with Gasteiger partial charge in [0.05, 0.1) is 11.3 Å². The largest absolute Gasteiger partial charge is 0.478 e. The van der Waals surface area contributed by atoms with Gasteiger partial charge in [0.25, 0.3) is 5.56 Å². The van der Waals surface area contributed by atoms with E-state index < -0.39 is 17.2 Å². The number of aromatic carboxylic acids is 1. The molecule has 0 saturated carbocycles. The zero-order valence-electron chi connectivity index (χ0n) is 17.9. The maximum Gasteiger partial charge on any atom is 0.337 e. The highest BCUT2D eigenvalue weighted by atomic mass is 16.4. The van der Waals surface area contributed by atoms with E-state index in [0.29, 0.717) is 30.2 Å². The molecule has 0 aliphatic heterocycles. The number of fused-ring (bicyclic) bond motifs is 1. The van der Waals surface area contributed by atoms with Gasteiger partial charge in [-0.1, -0.05) is 25.1 Å². The van der Waals surface area contributed by atoms with E-state index in [1.165, 1.54) is 15.2 Å². The number of aryl methyl sites for hydroxylation is 1. The molecule has 0 saturated heterocycles. The lowest BCUT2D eigenvalue weighted by Crippen LogP contribution is -2.40. The van der Waals surface area contributed by atoms with Crippen molar-refractivity contribution in [2.75, 3.05) is 0 Å². The van der Waals surface area contributed by atoms with Gasteiger partial charge in [-0.3, -0.25) is 23.5 Å². The summed E-state index contributed by atoms with van der Waals surface area (Å²) in [5.74, 6) is -0.690. The minimum atomic E-state index is -1.12. The molecule has 0 bridgehead atoms. The van der Waals surface area contributed by atoms with Gasteiger partial charge in [-0.2, -0.15) is 0 Å². The van der Waals surface area contributed by atoms with E-state index in [1.807, 2.05) is 26.0 Å². The summed E-state index contributed by atoms with van der Waals surface area (Å²) in [6.45, 7) is 4.27. The van der Waals surface area contributed by atoms with Gasteiger partial charge in [0, 0.05) is 31.4 Å². The Morgan fingerprint density at radius 2 is 1.78 bits per heavy atom. The first-order valence-electron chi connectivity index (χ1n) is 10.5. The van der Waals surface area contributed by atoms with E-state index >= 15 is 0 Å². The van der Waals surface area contributed by atoms with Crippen LogP contribution in [0.15, 0.2) is 58.3 Å². The Bertz CT molecular complexity index is 1420. The van der Waals surface area contributed by atoms with Crippen LogP contribution in [0.1, 0.15) is 42.1 Å². The topological polar surface area (TPSA) is 112 Å². The van der Waals surface area contributed by atoms with Gasteiger partial charge in [0.15, 0.2) is 11.2 Å². The molecule has 0 amide bonds. The van der Waals surface area contributed by atoms with Crippen LogP contribution >= 0.6 is 0 Å². The Kier molecular flexibility index (Phi) is 5.72. The zero-order chi connectivity index (χ0) is 22.8. The molecule has 0 aliphatic rings. The number of aromatic nitrogens is 5. The van der Waals surface area contributed by atoms with Crippen LogP contribution in [0, 0.1) is 0 Å². The van der Waals surface area contributed by atoms with Gasteiger partial charge >= 0.3 is 11.7 Å². The van der Waals surface area contributed by atoms with Gasteiger partial charge in [0.2, 0.25) is 0 Å². The molecule has 0 atom stereocenters. The summed E-state index contributed by atoms with van der Waals surface area (Å²) in [4.78, 5) is 47.4. The van der Waals surface area contributed by atoms with Crippen molar-refractivity contribution >= 4 is 17.1 Å². The number of rotatable bonds is 7. The van der Waals surface area contributed by atoms with Crippen molar-refractivity contribution in [2.45, 2.75) is 39.8 Å². The molecule has 0 aliphatic carbocycles. The van der Waals surface area contributed by atoms with Gasteiger partial charge in [0.1, 0.15) is 5.82 Å². The number of hydrogen-bond acceptors (Lipinski definition) is 5. The van der Waals surface area contributed by atoms with Crippen LogP contribution < -0.4 is 11.2 Å². The van der Waals surface area contributed by atoms with Crippen LogP contribution in [0.4, 0.5) is 0 Å². The maximum atomic E-state index is 13.5. The van der Waals surface area contributed by atoms with Gasteiger partial charge in [-0.05, 0) is 37.6 Å². The fourth-order valence-corrected chi connectivity index (χ4v) is 3.88. The number of carboxylic acid groups (broad SMARTS) is 1. The normalized spacial score (nSPS) is 11.2. The maximum absolute atomic E-state index is 13.5. The minimum Gasteiger partial charge on any atom is -0.478 e. The molecule has 3 aromatic heterocycles.